The van der Waals surface area contributed by atoms with E-state index >= 15 is 0 Å². The van der Waals surface area contributed by atoms with Crippen LogP contribution in [0.1, 0.15) is 42.6 Å². The van der Waals surface area contributed by atoms with E-state index in [1.165, 1.54) is 0 Å². The first kappa shape index (κ1) is 15.3. The van der Waals surface area contributed by atoms with Crippen molar-refractivity contribution in [3.63, 3.8) is 0 Å². The number of nitrogens with zero attached hydrogens (tertiary/aromatic N) is 4. The van der Waals surface area contributed by atoms with Gasteiger partial charge in [0.2, 0.25) is 5.91 Å². The SMILES string of the molecule is CCc1nc([C@@H]2CN(C(=O)[C@@H]3C[C@H]3c3cccnc3)CCO2)n[nH]1. The van der Waals surface area contributed by atoms with Gasteiger partial charge >= 0.3 is 0 Å². The van der Waals surface area contributed by atoms with Crippen molar-refractivity contribution in [3.8, 4) is 0 Å². The first-order chi connectivity index (χ1) is 11.8. The van der Waals surface area contributed by atoms with Crippen LogP contribution in [0.2, 0.25) is 0 Å². The molecule has 7 nitrogen and oxygen atoms in total. The van der Waals surface area contributed by atoms with Crippen molar-refractivity contribution in [2.24, 2.45) is 5.92 Å². The van der Waals surface area contributed by atoms with Crippen LogP contribution >= 0.6 is 0 Å². The van der Waals surface area contributed by atoms with Crippen LogP contribution in [0.25, 0.3) is 0 Å². The summed E-state index contributed by atoms with van der Waals surface area (Å²) in [5.41, 5.74) is 1.15. The Morgan fingerprint density at radius 3 is 3.17 bits per heavy atom. The third-order valence-corrected chi connectivity index (χ3v) is 4.77. The molecule has 0 spiro atoms. The minimum absolute atomic E-state index is 0.0753. The zero-order chi connectivity index (χ0) is 16.5. The predicted molar refractivity (Wildman–Crippen MR) is 86.1 cm³/mol. The standard InChI is InChI=1S/C17H21N5O2/c1-2-15-19-16(21-20-15)14-10-22(6-7-24-14)17(23)13-8-12(13)11-4-3-5-18-9-11/h3-5,9,12-14H,2,6-8,10H2,1H3,(H,19,20,21)/t12-,13+,14-/m0/s1. The molecule has 4 rings (SSSR count). The summed E-state index contributed by atoms with van der Waals surface area (Å²) in [4.78, 5) is 23.3. The lowest BCUT2D eigenvalue weighted by Gasteiger charge is -2.31. The summed E-state index contributed by atoms with van der Waals surface area (Å²) in [6.45, 7) is 3.71. The summed E-state index contributed by atoms with van der Waals surface area (Å²) >= 11 is 0. The van der Waals surface area contributed by atoms with Crippen molar-refractivity contribution < 1.29 is 9.53 Å². The Morgan fingerprint density at radius 2 is 2.42 bits per heavy atom. The number of ether oxygens (including phenoxy) is 1. The Hall–Kier alpha value is -2.28. The molecule has 126 valence electrons. The van der Waals surface area contributed by atoms with Crippen LogP contribution in [0.3, 0.4) is 0 Å². The molecule has 1 saturated heterocycles. The normalized spacial score (nSPS) is 26.4. The number of aromatic amines is 1. The molecule has 0 bridgehead atoms. The van der Waals surface area contributed by atoms with Gasteiger partial charge in [-0.05, 0) is 24.0 Å². The number of carbonyl (C=O) groups is 1. The van der Waals surface area contributed by atoms with Crippen molar-refractivity contribution >= 4 is 5.91 Å². The molecule has 3 heterocycles. The molecule has 24 heavy (non-hydrogen) atoms. The molecule has 0 aromatic carbocycles. The number of pyridine rings is 1. The molecule has 7 heteroatoms. The van der Waals surface area contributed by atoms with Gasteiger partial charge in [-0.1, -0.05) is 13.0 Å². The molecular weight excluding hydrogens is 306 g/mol. The average Bonchev–Trinajstić information content (AvgIpc) is 3.30. The van der Waals surface area contributed by atoms with Gasteiger partial charge < -0.3 is 9.64 Å². The smallest absolute Gasteiger partial charge is 0.226 e. The molecular formula is C17H21N5O2. The van der Waals surface area contributed by atoms with Crippen molar-refractivity contribution in [2.75, 3.05) is 19.7 Å². The quantitative estimate of drug-likeness (QED) is 0.919. The maximum atomic E-state index is 12.8. The molecule has 2 aromatic heterocycles. The summed E-state index contributed by atoms with van der Waals surface area (Å²) in [5.74, 6) is 2.08. The number of amides is 1. The van der Waals surface area contributed by atoms with E-state index in [1.54, 1.807) is 6.20 Å². The molecule has 1 N–H and O–H groups in total. The van der Waals surface area contributed by atoms with Gasteiger partial charge in [0, 0.05) is 31.3 Å². The highest BCUT2D eigenvalue weighted by Crippen LogP contribution is 2.48. The van der Waals surface area contributed by atoms with E-state index in [9.17, 15) is 4.79 Å². The van der Waals surface area contributed by atoms with Gasteiger partial charge in [-0.2, -0.15) is 5.10 Å². The summed E-state index contributed by atoms with van der Waals surface area (Å²) in [5, 5.41) is 7.13. The van der Waals surface area contributed by atoms with Gasteiger partial charge in [0.25, 0.3) is 0 Å². The van der Waals surface area contributed by atoms with Crippen LogP contribution in [-0.4, -0.2) is 50.7 Å². The first-order valence-electron chi connectivity index (χ1n) is 8.47. The van der Waals surface area contributed by atoms with Crippen molar-refractivity contribution in [2.45, 2.75) is 31.8 Å². The van der Waals surface area contributed by atoms with E-state index in [0.29, 0.717) is 31.4 Å². The largest absolute Gasteiger partial charge is 0.366 e. The number of carbonyl (C=O) groups excluding carboxylic acids is 1. The lowest BCUT2D eigenvalue weighted by molar-refractivity contribution is -0.140. The highest BCUT2D eigenvalue weighted by atomic mass is 16.5. The number of hydrogen-bond acceptors (Lipinski definition) is 5. The minimum atomic E-state index is -0.241. The van der Waals surface area contributed by atoms with Gasteiger partial charge in [0.05, 0.1) is 13.2 Å². The summed E-state index contributed by atoms with van der Waals surface area (Å²) < 4.78 is 5.76. The third-order valence-electron chi connectivity index (χ3n) is 4.77. The Morgan fingerprint density at radius 1 is 1.50 bits per heavy atom. The van der Waals surface area contributed by atoms with Crippen LogP contribution < -0.4 is 0 Å². The summed E-state index contributed by atoms with van der Waals surface area (Å²) in [6, 6.07) is 3.97. The number of H-pyrrole nitrogens is 1. The summed E-state index contributed by atoms with van der Waals surface area (Å²) in [6.07, 6.45) is 5.09. The van der Waals surface area contributed by atoms with E-state index < -0.39 is 0 Å². The number of aryl methyl sites for hydroxylation is 1. The number of aromatic nitrogens is 4. The fourth-order valence-corrected chi connectivity index (χ4v) is 3.28. The molecule has 1 saturated carbocycles. The highest BCUT2D eigenvalue weighted by molar-refractivity contribution is 5.83. The number of nitrogens with one attached hydrogen (secondary N) is 1. The Labute approximate surface area is 140 Å². The second-order valence-electron chi connectivity index (χ2n) is 6.37. The Bertz CT molecular complexity index is 717. The van der Waals surface area contributed by atoms with E-state index in [4.69, 9.17) is 4.74 Å². The zero-order valence-electron chi connectivity index (χ0n) is 13.7. The molecule has 3 atom stereocenters. The lowest BCUT2D eigenvalue weighted by atomic mass is 10.1. The molecule has 1 aliphatic heterocycles. The van der Waals surface area contributed by atoms with Crippen LogP contribution in [0.4, 0.5) is 0 Å². The van der Waals surface area contributed by atoms with Gasteiger partial charge in [0.1, 0.15) is 11.9 Å². The van der Waals surface area contributed by atoms with Gasteiger partial charge in [-0.25, -0.2) is 4.98 Å². The monoisotopic (exact) mass is 327 g/mol. The third kappa shape index (κ3) is 2.91. The molecule has 1 aliphatic carbocycles. The van der Waals surface area contributed by atoms with E-state index in [2.05, 4.69) is 20.2 Å². The molecule has 2 fully saturated rings. The molecule has 1 amide bonds. The highest BCUT2D eigenvalue weighted by Gasteiger charge is 2.46. The number of hydrogen-bond donors (Lipinski definition) is 1. The van der Waals surface area contributed by atoms with Crippen LogP contribution in [0.5, 0.6) is 0 Å². The van der Waals surface area contributed by atoms with E-state index in [0.717, 1.165) is 24.2 Å². The number of rotatable bonds is 4. The second kappa shape index (κ2) is 6.32. The van der Waals surface area contributed by atoms with Crippen LogP contribution in [0.15, 0.2) is 24.5 Å². The molecule has 0 unspecified atom stereocenters. The molecule has 0 radical (unpaired) electrons. The predicted octanol–water partition coefficient (Wildman–Crippen LogP) is 1.47. The Balaban J connectivity index is 1.40. The maximum Gasteiger partial charge on any atom is 0.226 e. The minimum Gasteiger partial charge on any atom is -0.366 e. The summed E-state index contributed by atoms with van der Waals surface area (Å²) in [7, 11) is 0. The fraction of sp³-hybridized carbons (Fsp3) is 0.529. The number of morpholine rings is 1. The maximum absolute atomic E-state index is 12.8. The second-order valence-corrected chi connectivity index (χ2v) is 6.37. The first-order valence-corrected chi connectivity index (χ1v) is 8.47. The fourth-order valence-electron chi connectivity index (χ4n) is 3.28. The molecule has 2 aliphatic rings. The van der Waals surface area contributed by atoms with Gasteiger partial charge in [-0.15, -0.1) is 0 Å². The molecule has 2 aromatic rings. The van der Waals surface area contributed by atoms with Gasteiger partial charge in [-0.3, -0.25) is 14.9 Å². The lowest BCUT2D eigenvalue weighted by Crippen LogP contribution is -2.43. The zero-order valence-corrected chi connectivity index (χ0v) is 13.7. The topological polar surface area (TPSA) is 84.0 Å². The van der Waals surface area contributed by atoms with E-state index in [-0.39, 0.29) is 17.9 Å². The van der Waals surface area contributed by atoms with Crippen molar-refractivity contribution in [1.82, 2.24) is 25.1 Å². The Kier molecular flexibility index (Phi) is 4.02. The van der Waals surface area contributed by atoms with Crippen LogP contribution in [-0.2, 0) is 16.0 Å². The van der Waals surface area contributed by atoms with Crippen molar-refractivity contribution in [3.05, 3.63) is 41.7 Å². The van der Waals surface area contributed by atoms with E-state index in [1.807, 2.05) is 30.2 Å². The average molecular weight is 327 g/mol. The van der Waals surface area contributed by atoms with Gasteiger partial charge in [0.15, 0.2) is 5.82 Å². The van der Waals surface area contributed by atoms with Crippen LogP contribution in [0, 0.1) is 5.92 Å². The van der Waals surface area contributed by atoms with Crippen molar-refractivity contribution in [1.29, 1.82) is 0 Å².